The van der Waals surface area contributed by atoms with E-state index in [-0.39, 0.29) is 118 Å². The summed E-state index contributed by atoms with van der Waals surface area (Å²) < 4.78 is 16.0. The minimum Gasteiger partial charge on any atom is -0.481 e. The Morgan fingerprint density at radius 2 is 1.57 bits per heavy atom. The molecule has 0 aliphatic carbocycles. The van der Waals surface area contributed by atoms with Crippen molar-refractivity contribution in [2.45, 2.75) is 176 Å². The molecule has 93 heavy (non-hydrogen) atoms. The van der Waals surface area contributed by atoms with Gasteiger partial charge >= 0.3 is 11.9 Å². The number of piperidine rings is 1. The number of esters is 1. The quantitative estimate of drug-likeness (QED) is 0.0204. The lowest BCUT2D eigenvalue weighted by Gasteiger charge is -2.37. The van der Waals surface area contributed by atoms with Gasteiger partial charge in [-0.1, -0.05) is 78.1 Å². The number of nitrogens with one attached hydrogen (secondary N) is 4. The number of ketones is 2. The van der Waals surface area contributed by atoms with Crippen molar-refractivity contribution < 1.29 is 72.1 Å². The number of hydrogen-bond donors (Lipinski definition) is 5. The number of hydrogen-bond acceptors (Lipinski definition) is 17. The Bertz CT molecular complexity index is 3110. The number of carbonyl (C=O) groups excluding carboxylic acids is 10. The average molecular weight is 1310 g/mol. The molecule has 0 bridgehead atoms. The van der Waals surface area contributed by atoms with Gasteiger partial charge in [0.15, 0.2) is 11.9 Å². The van der Waals surface area contributed by atoms with Crippen LogP contribution in [0.2, 0.25) is 0 Å². The molecular formula is C69H98N8O15S. The largest absolute Gasteiger partial charge is 0.481 e. The van der Waals surface area contributed by atoms with Gasteiger partial charge in [-0.05, 0) is 119 Å². The summed E-state index contributed by atoms with van der Waals surface area (Å²) in [5, 5.41) is 23.6. The lowest BCUT2D eigenvalue weighted by atomic mass is 9.83. The number of imide groups is 1. The number of thiazole rings is 1. The van der Waals surface area contributed by atoms with Crippen LogP contribution in [-0.4, -0.2) is 168 Å². The predicted molar refractivity (Wildman–Crippen MR) is 353 cm³/mol. The molecule has 4 unspecified atom stereocenters. The Kier molecular flexibility index (Phi) is 31.1. The lowest BCUT2D eigenvalue weighted by molar-refractivity contribution is -0.150. The first-order valence-corrected chi connectivity index (χ1v) is 33.4. The highest BCUT2D eigenvalue weighted by Crippen LogP contribution is 2.34. The molecule has 7 amide bonds. The van der Waals surface area contributed by atoms with E-state index in [1.165, 1.54) is 14.0 Å². The Morgan fingerprint density at radius 3 is 2.23 bits per heavy atom. The van der Waals surface area contributed by atoms with E-state index in [1.54, 1.807) is 42.5 Å². The number of methoxy groups -OCH3 is 1. The van der Waals surface area contributed by atoms with Gasteiger partial charge in [-0.2, -0.15) is 0 Å². The summed E-state index contributed by atoms with van der Waals surface area (Å²) in [6, 6.07) is 9.52. The van der Waals surface area contributed by atoms with Crippen LogP contribution in [-0.2, 0) is 75.0 Å². The Balaban J connectivity index is 1.21. The zero-order valence-corrected chi connectivity index (χ0v) is 56.9. The number of nitrogens with zero attached hydrogens (tertiary/aromatic N) is 4. The maximum Gasteiger partial charge on any atom is 0.306 e. The molecule has 2 aromatic carbocycles. The molecule has 2 aliphatic rings. The average Bonchev–Trinajstić information content (AvgIpc) is 1.99. The normalized spacial score (nSPS) is 16.4. The molecule has 5 rings (SSSR count). The summed E-state index contributed by atoms with van der Waals surface area (Å²) in [6.45, 7) is 16.0. The maximum absolute atomic E-state index is 14.5. The third kappa shape index (κ3) is 24.4. The van der Waals surface area contributed by atoms with Crippen LogP contribution in [0.1, 0.15) is 169 Å². The van der Waals surface area contributed by atoms with E-state index in [4.69, 9.17) is 14.2 Å². The van der Waals surface area contributed by atoms with Gasteiger partial charge in [0.05, 0.1) is 25.2 Å². The summed E-state index contributed by atoms with van der Waals surface area (Å²) in [5.74, 6) is -6.84. The predicted octanol–water partition coefficient (Wildman–Crippen LogP) is 8.14. The molecule has 8 atom stereocenters. The standard InChI is InChI=1S/C69H98N8O15S/c1-12-43(4)53(38-59(80)57-18-14-16-29-75(57)9)68(87)76(10)58(42(2)3)39-60(92-47(8)78)67-74-56(41-93-67)66(86)71-51(34-46(7)69(88)89)35-49-20-19-44(5)55(36-49)72-61(81)24-22-48-21-23-54(45(6)33-48)73-65(85)50(17-13-15-28-70-62(82)40-91-32-31-90-11)37-52(79)27-30-77-63(83)25-26-64(77)84/h19-21,23,25-26,33,36,41-43,46,50-51,53,57-58,60H,12-18,22,24,27-32,34-35,37-40H2,1-11H3,(H,70,82)(H,71,86)(H,72,81)(H,73,85)(H,88,89)/t43?,46?,50?,51-,53+,57?,58-,60-/m1/s1. The Labute approximate surface area is 551 Å². The molecule has 23 nitrogen and oxygen atoms in total. The third-order valence-corrected chi connectivity index (χ3v) is 18.5. The van der Waals surface area contributed by atoms with E-state index >= 15 is 0 Å². The minimum absolute atomic E-state index is 0.0323. The topological polar surface area (TPSA) is 306 Å². The van der Waals surface area contributed by atoms with Gasteiger partial charge in [0.1, 0.15) is 23.1 Å². The molecule has 0 saturated carbocycles. The molecule has 3 heterocycles. The fourth-order valence-electron chi connectivity index (χ4n) is 11.7. The van der Waals surface area contributed by atoms with Crippen molar-refractivity contribution in [2.75, 3.05) is 71.3 Å². The number of amides is 7. The number of carboxylic acids is 1. The summed E-state index contributed by atoms with van der Waals surface area (Å²) in [7, 11) is 5.22. The maximum atomic E-state index is 14.5. The molecule has 1 aromatic heterocycles. The van der Waals surface area contributed by atoms with Gasteiger partial charge in [-0.25, -0.2) is 4.98 Å². The van der Waals surface area contributed by atoms with E-state index in [2.05, 4.69) is 31.2 Å². The number of likely N-dealkylation sites (N-methyl/N-ethyl adjacent to an activating group) is 1. The van der Waals surface area contributed by atoms with Gasteiger partial charge in [-0.15, -0.1) is 11.3 Å². The molecule has 0 radical (unpaired) electrons. The molecule has 2 aliphatic heterocycles. The first kappa shape index (κ1) is 76.2. The number of ether oxygens (including phenoxy) is 3. The van der Waals surface area contributed by atoms with Crippen LogP contribution >= 0.6 is 11.3 Å². The van der Waals surface area contributed by atoms with Crippen molar-refractivity contribution in [1.82, 2.24) is 30.3 Å². The number of carbonyl (C=O) groups is 11. The molecule has 5 N–H and O–H groups in total. The van der Waals surface area contributed by atoms with Crippen molar-refractivity contribution in [3.63, 3.8) is 0 Å². The van der Waals surface area contributed by atoms with Crippen LogP contribution in [0.15, 0.2) is 53.9 Å². The van der Waals surface area contributed by atoms with Crippen molar-refractivity contribution in [1.29, 1.82) is 0 Å². The second-order valence-electron chi connectivity index (χ2n) is 25.2. The summed E-state index contributed by atoms with van der Waals surface area (Å²) in [6.07, 6.45) is 6.97. The van der Waals surface area contributed by atoms with Crippen molar-refractivity contribution in [3.05, 3.63) is 86.9 Å². The summed E-state index contributed by atoms with van der Waals surface area (Å²) >= 11 is 1.13. The monoisotopic (exact) mass is 1310 g/mol. The number of unbranched alkanes of at least 4 members (excludes halogenated alkanes) is 1. The van der Waals surface area contributed by atoms with Gasteiger partial charge in [0, 0.05) is 119 Å². The van der Waals surface area contributed by atoms with Crippen molar-refractivity contribution in [2.24, 2.45) is 29.6 Å². The minimum atomic E-state index is -1.05. The van der Waals surface area contributed by atoms with E-state index in [0.29, 0.717) is 67.2 Å². The van der Waals surface area contributed by atoms with E-state index < -0.39 is 71.5 Å². The van der Waals surface area contributed by atoms with Crippen LogP contribution in [0.5, 0.6) is 0 Å². The number of benzene rings is 2. The van der Waals surface area contributed by atoms with Crippen LogP contribution < -0.4 is 21.3 Å². The number of rotatable bonds is 40. The van der Waals surface area contributed by atoms with Crippen molar-refractivity contribution in [3.8, 4) is 0 Å². The summed E-state index contributed by atoms with van der Waals surface area (Å²) in [4.78, 5) is 154. The lowest BCUT2D eigenvalue weighted by Crippen LogP contribution is -2.48. The first-order valence-electron chi connectivity index (χ1n) is 32.5. The molecule has 510 valence electrons. The number of anilines is 2. The molecule has 3 aromatic rings. The highest BCUT2D eigenvalue weighted by atomic mass is 32.1. The van der Waals surface area contributed by atoms with Gasteiger partial charge in [0.2, 0.25) is 23.6 Å². The van der Waals surface area contributed by atoms with Crippen molar-refractivity contribution >= 4 is 87.6 Å². The van der Waals surface area contributed by atoms with Crippen LogP contribution in [0, 0.1) is 43.4 Å². The SMILES string of the molecule is CCC(C)[C@H](CC(=O)C1CCCCN1C)C(=O)N(C)[C@H](C[C@@H](OC(C)=O)c1nc(C(=O)N[C@@H](Cc2ccc(C)c(NC(=O)CCc3ccc(NC(=O)C(CCCCNC(=O)COCCOC)CC(=O)CCN4C(=O)C=CC4=O)c(C)c3)c2)CC(C)C(=O)O)cs1)C(C)C. The number of aryl methyl sites for hydroxylation is 3. The third-order valence-electron chi connectivity index (χ3n) is 17.6. The highest BCUT2D eigenvalue weighted by molar-refractivity contribution is 7.09. The Morgan fingerprint density at radius 1 is 0.849 bits per heavy atom. The molecule has 0 spiro atoms. The molecule has 24 heteroatoms. The van der Waals surface area contributed by atoms with Gasteiger partial charge in [-0.3, -0.25) is 62.5 Å². The Hall–Kier alpha value is -7.54. The zero-order valence-electron chi connectivity index (χ0n) is 56.1. The number of likely N-dealkylation sites (tertiary alicyclic amines) is 1. The molecule has 1 fully saturated rings. The van der Waals surface area contributed by atoms with Crippen LogP contribution in [0.3, 0.4) is 0 Å². The summed E-state index contributed by atoms with van der Waals surface area (Å²) in [5.41, 5.74) is 4.10. The first-order chi connectivity index (χ1) is 44.2. The number of aromatic nitrogens is 1. The van der Waals surface area contributed by atoms with E-state index in [0.717, 1.165) is 70.9 Å². The second-order valence-corrected chi connectivity index (χ2v) is 26.1. The number of aliphatic carboxylic acids is 1. The molecule has 1 saturated heterocycles. The van der Waals surface area contributed by atoms with Gasteiger partial charge in [0.25, 0.3) is 17.7 Å². The molecular weight excluding hydrogens is 1210 g/mol. The van der Waals surface area contributed by atoms with Gasteiger partial charge < -0.3 is 45.5 Å². The highest BCUT2D eigenvalue weighted by Gasteiger charge is 2.38. The number of Topliss-reactive ketones (excluding diaryl/α,β-unsaturated/α-hetero) is 2. The van der Waals surface area contributed by atoms with Crippen LogP contribution in [0.4, 0.5) is 11.4 Å². The van der Waals surface area contributed by atoms with E-state index in [1.807, 2.05) is 66.8 Å². The zero-order chi connectivity index (χ0) is 68.5. The fraction of sp³-hybridized carbons (Fsp3) is 0.594. The smallest absolute Gasteiger partial charge is 0.306 e. The second kappa shape index (κ2) is 38.0. The fourth-order valence-corrected chi connectivity index (χ4v) is 12.6. The van der Waals surface area contributed by atoms with Crippen LogP contribution in [0.25, 0.3) is 0 Å². The number of carboxylic acid groups (broad SMARTS) is 1. The van der Waals surface area contributed by atoms with E-state index in [9.17, 15) is 57.8 Å².